The highest BCUT2D eigenvalue weighted by atomic mass is 19.4. The van der Waals surface area contributed by atoms with Gasteiger partial charge < -0.3 is 21.1 Å². The highest BCUT2D eigenvalue weighted by molar-refractivity contribution is 5.94. The van der Waals surface area contributed by atoms with Crippen molar-refractivity contribution >= 4 is 17.5 Å². The third kappa shape index (κ3) is 6.55. The number of pyridine rings is 1. The van der Waals surface area contributed by atoms with Crippen LogP contribution in [0.25, 0.3) is 11.3 Å². The number of carbonyl (C=O) groups excluding carboxylic acids is 1. The normalized spacial score (nSPS) is 12.2. The van der Waals surface area contributed by atoms with Crippen LogP contribution in [0.2, 0.25) is 0 Å². The fourth-order valence-corrected chi connectivity index (χ4v) is 3.05. The number of nitrogens with zero attached hydrogens (tertiary/aromatic N) is 3. The number of ether oxygens (including phenoxy) is 1. The Morgan fingerprint density at radius 3 is 2.61 bits per heavy atom. The molecule has 1 amide bonds. The van der Waals surface area contributed by atoms with Gasteiger partial charge in [0.15, 0.2) is 6.61 Å². The van der Waals surface area contributed by atoms with E-state index in [9.17, 15) is 18.0 Å². The molecule has 0 unspecified atom stereocenters. The standard InChI is InChI=1S/C22H23F3N6O2/c1-13(9-29-20-8-17(30-12-31-20)15-4-6-19(26)28-10-15)16-5-3-14(21(32)27-2)7-18(16)33-11-22(23,24)25/h3-8,10,12-13H,9,11H2,1-2H3,(H2,26,28)(H,27,32)(H,29,30,31)/t13-/m1/s1. The van der Waals surface area contributed by atoms with E-state index >= 15 is 0 Å². The van der Waals surface area contributed by atoms with E-state index in [-0.39, 0.29) is 17.2 Å². The molecule has 2 heterocycles. The lowest BCUT2D eigenvalue weighted by atomic mass is 9.98. The Morgan fingerprint density at radius 2 is 1.94 bits per heavy atom. The zero-order valence-electron chi connectivity index (χ0n) is 18.0. The molecule has 2 aromatic heterocycles. The molecular formula is C22H23F3N6O2. The van der Waals surface area contributed by atoms with Crippen LogP contribution in [0.3, 0.4) is 0 Å². The number of amides is 1. The lowest BCUT2D eigenvalue weighted by molar-refractivity contribution is -0.153. The van der Waals surface area contributed by atoms with Gasteiger partial charge in [0.2, 0.25) is 0 Å². The van der Waals surface area contributed by atoms with Crippen LogP contribution in [0.5, 0.6) is 5.75 Å². The maximum atomic E-state index is 12.7. The van der Waals surface area contributed by atoms with Crippen molar-refractivity contribution in [1.82, 2.24) is 20.3 Å². The minimum Gasteiger partial charge on any atom is -0.484 e. The van der Waals surface area contributed by atoms with Crippen molar-refractivity contribution in [3.05, 3.63) is 60.0 Å². The second-order valence-corrected chi connectivity index (χ2v) is 7.28. The molecule has 0 bridgehead atoms. The van der Waals surface area contributed by atoms with Crippen molar-refractivity contribution in [2.45, 2.75) is 19.0 Å². The summed E-state index contributed by atoms with van der Waals surface area (Å²) in [6.07, 6.45) is -1.51. The summed E-state index contributed by atoms with van der Waals surface area (Å²) in [5.41, 5.74) is 7.74. The summed E-state index contributed by atoms with van der Waals surface area (Å²) in [6, 6.07) is 9.63. The number of hydrogen-bond donors (Lipinski definition) is 3. The van der Waals surface area contributed by atoms with E-state index < -0.39 is 18.7 Å². The largest absolute Gasteiger partial charge is 0.484 e. The van der Waals surface area contributed by atoms with Gasteiger partial charge in [0, 0.05) is 42.9 Å². The number of nitrogens with two attached hydrogens (primary N) is 1. The Kier molecular flexibility index (Phi) is 7.31. The number of anilines is 2. The second kappa shape index (κ2) is 10.2. The van der Waals surface area contributed by atoms with Gasteiger partial charge in [0.25, 0.3) is 5.91 Å². The molecule has 0 aliphatic heterocycles. The first-order valence-corrected chi connectivity index (χ1v) is 9.99. The van der Waals surface area contributed by atoms with Gasteiger partial charge in [0.05, 0.1) is 5.69 Å². The van der Waals surface area contributed by atoms with E-state index in [1.54, 1.807) is 36.5 Å². The zero-order valence-corrected chi connectivity index (χ0v) is 18.0. The fourth-order valence-electron chi connectivity index (χ4n) is 3.05. The number of nitrogens with one attached hydrogen (secondary N) is 2. The van der Waals surface area contributed by atoms with Gasteiger partial charge in [-0.15, -0.1) is 0 Å². The van der Waals surface area contributed by atoms with E-state index in [4.69, 9.17) is 10.5 Å². The van der Waals surface area contributed by atoms with Gasteiger partial charge in [-0.2, -0.15) is 13.2 Å². The highest BCUT2D eigenvalue weighted by Gasteiger charge is 2.29. The molecule has 3 rings (SSSR count). The second-order valence-electron chi connectivity index (χ2n) is 7.28. The topological polar surface area (TPSA) is 115 Å². The molecule has 0 fully saturated rings. The van der Waals surface area contributed by atoms with Crippen LogP contribution in [0.4, 0.5) is 24.8 Å². The summed E-state index contributed by atoms with van der Waals surface area (Å²) in [5, 5.41) is 5.60. The first-order valence-electron chi connectivity index (χ1n) is 9.99. The molecule has 11 heteroatoms. The van der Waals surface area contributed by atoms with Gasteiger partial charge in [-0.05, 0) is 29.8 Å². The quantitative estimate of drug-likeness (QED) is 0.470. The van der Waals surface area contributed by atoms with Gasteiger partial charge in [0.1, 0.15) is 23.7 Å². The Labute approximate surface area is 188 Å². The van der Waals surface area contributed by atoms with E-state index in [0.717, 1.165) is 5.56 Å². The molecule has 1 atom stereocenters. The number of hydrogen-bond acceptors (Lipinski definition) is 7. The molecule has 1 aromatic carbocycles. The van der Waals surface area contributed by atoms with Crippen LogP contribution in [0.1, 0.15) is 28.8 Å². The molecular weight excluding hydrogens is 437 g/mol. The molecule has 33 heavy (non-hydrogen) atoms. The number of benzene rings is 1. The Bertz CT molecular complexity index is 1110. The van der Waals surface area contributed by atoms with Crippen molar-refractivity contribution < 1.29 is 22.7 Å². The Morgan fingerprint density at radius 1 is 1.15 bits per heavy atom. The zero-order chi connectivity index (χ0) is 24.0. The molecule has 0 aliphatic carbocycles. The van der Waals surface area contributed by atoms with Crippen LogP contribution in [0, 0.1) is 0 Å². The highest BCUT2D eigenvalue weighted by Crippen LogP contribution is 2.30. The molecule has 0 aliphatic rings. The van der Waals surface area contributed by atoms with E-state index in [0.29, 0.717) is 29.4 Å². The summed E-state index contributed by atoms with van der Waals surface area (Å²) < 4.78 is 43.2. The van der Waals surface area contributed by atoms with Crippen molar-refractivity contribution in [2.24, 2.45) is 0 Å². The average molecular weight is 460 g/mol. The summed E-state index contributed by atoms with van der Waals surface area (Å²) >= 11 is 0. The van der Waals surface area contributed by atoms with E-state index in [1.165, 1.54) is 19.4 Å². The van der Waals surface area contributed by atoms with Crippen LogP contribution in [-0.2, 0) is 0 Å². The number of alkyl halides is 3. The SMILES string of the molecule is CNC(=O)c1ccc([C@H](C)CNc2cc(-c3ccc(N)nc3)ncn2)c(OCC(F)(F)F)c1. The number of carbonyl (C=O) groups is 1. The molecule has 0 spiro atoms. The molecule has 0 saturated carbocycles. The third-order valence-corrected chi connectivity index (χ3v) is 4.76. The van der Waals surface area contributed by atoms with Crippen molar-refractivity contribution in [3.8, 4) is 17.0 Å². The number of aromatic nitrogens is 3. The number of halogens is 3. The maximum Gasteiger partial charge on any atom is 0.422 e. The summed E-state index contributed by atoms with van der Waals surface area (Å²) in [6.45, 7) is 0.717. The third-order valence-electron chi connectivity index (χ3n) is 4.76. The van der Waals surface area contributed by atoms with Gasteiger partial charge in [-0.25, -0.2) is 15.0 Å². The smallest absolute Gasteiger partial charge is 0.422 e. The average Bonchev–Trinajstić information content (AvgIpc) is 2.80. The molecule has 4 N–H and O–H groups in total. The number of nitrogen functional groups attached to an aromatic ring is 1. The molecule has 0 saturated heterocycles. The molecule has 174 valence electrons. The summed E-state index contributed by atoms with van der Waals surface area (Å²) in [7, 11) is 1.44. The predicted octanol–water partition coefficient (Wildman–Crippen LogP) is 3.64. The molecule has 8 nitrogen and oxygen atoms in total. The predicted molar refractivity (Wildman–Crippen MR) is 118 cm³/mol. The monoisotopic (exact) mass is 460 g/mol. The van der Waals surface area contributed by atoms with E-state index in [2.05, 4.69) is 25.6 Å². The lowest BCUT2D eigenvalue weighted by Crippen LogP contribution is -2.22. The van der Waals surface area contributed by atoms with Gasteiger partial charge in [-0.3, -0.25) is 4.79 Å². The van der Waals surface area contributed by atoms with Crippen molar-refractivity contribution in [1.29, 1.82) is 0 Å². The summed E-state index contributed by atoms with van der Waals surface area (Å²) in [5.74, 6) is 0.242. The van der Waals surface area contributed by atoms with Crippen molar-refractivity contribution in [3.63, 3.8) is 0 Å². The Hall–Kier alpha value is -3.89. The first-order chi connectivity index (χ1) is 15.7. The fraction of sp³-hybridized carbons (Fsp3) is 0.273. The van der Waals surface area contributed by atoms with Crippen LogP contribution in [0.15, 0.2) is 48.9 Å². The minimum atomic E-state index is -4.50. The van der Waals surface area contributed by atoms with Crippen LogP contribution >= 0.6 is 0 Å². The number of rotatable bonds is 8. The lowest BCUT2D eigenvalue weighted by Gasteiger charge is -2.19. The molecule has 0 radical (unpaired) electrons. The summed E-state index contributed by atoms with van der Waals surface area (Å²) in [4.78, 5) is 24.4. The van der Waals surface area contributed by atoms with E-state index in [1.807, 2.05) is 6.92 Å². The van der Waals surface area contributed by atoms with Crippen LogP contribution < -0.4 is 21.1 Å². The Balaban J connectivity index is 1.76. The van der Waals surface area contributed by atoms with Gasteiger partial charge >= 0.3 is 6.18 Å². The molecule has 3 aromatic rings. The van der Waals surface area contributed by atoms with Crippen molar-refractivity contribution in [2.75, 3.05) is 31.2 Å². The van der Waals surface area contributed by atoms with Crippen LogP contribution in [-0.4, -0.2) is 47.2 Å². The first kappa shape index (κ1) is 23.8. The maximum absolute atomic E-state index is 12.7. The minimum absolute atomic E-state index is 0.000879. The van der Waals surface area contributed by atoms with Gasteiger partial charge in [-0.1, -0.05) is 13.0 Å².